The van der Waals surface area contributed by atoms with Gasteiger partial charge >= 0.3 is 0 Å². The van der Waals surface area contributed by atoms with Gasteiger partial charge in [-0.2, -0.15) is 0 Å². The number of para-hydroxylation sites is 1. The zero-order valence-corrected chi connectivity index (χ0v) is 18.4. The molecule has 2 aromatic carbocycles. The van der Waals surface area contributed by atoms with Crippen molar-refractivity contribution in [2.45, 2.75) is 37.9 Å². The Labute approximate surface area is 187 Å². The SMILES string of the molecule is CC(C)(C)c1ccc(C(=O)NCC23C=CC(O2)C2C(=O)N(c4ccccc4)C(=O)C23)cc1. The molecule has 0 aliphatic carbocycles. The Kier molecular flexibility index (Phi) is 4.60. The van der Waals surface area contributed by atoms with E-state index < -0.39 is 23.5 Å². The van der Waals surface area contributed by atoms with Crippen LogP contribution in [-0.4, -0.2) is 36.0 Å². The van der Waals surface area contributed by atoms with Gasteiger partial charge in [0.25, 0.3) is 5.91 Å². The fraction of sp³-hybridized carbons (Fsp3) is 0.346. The van der Waals surface area contributed by atoms with Crippen LogP contribution in [0.3, 0.4) is 0 Å². The van der Waals surface area contributed by atoms with Crippen molar-refractivity contribution in [2.24, 2.45) is 11.8 Å². The fourth-order valence-electron chi connectivity index (χ4n) is 4.98. The van der Waals surface area contributed by atoms with Crippen LogP contribution in [0, 0.1) is 11.8 Å². The minimum atomic E-state index is -1.01. The highest BCUT2D eigenvalue weighted by Gasteiger charge is 2.67. The Morgan fingerprint density at radius 3 is 2.38 bits per heavy atom. The van der Waals surface area contributed by atoms with Gasteiger partial charge in [-0.3, -0.25) is 14.4 Å². The molecule has 2 fully saturated rings. The molecule has 3 aliphatic heterocycles. The lowest BCUT2D eigenvalue weighted by Crippen LogP contribution is -2.48. The summed E-state index contributed by atoms with van der Waals surface area (Å²) in [4.78, 5) is 40.5. The average molecular weight is 431 g/mol. The van der Waals surface area contributed by atoms with Gasteiger partial charge in [-0.05, 0) is 35.2 Å². The summed E-state index contributed by atoms with van der Waals surface area (Å²) in [6, 6.07) is 16.5. The Hall–Kier alpha value is -3.25. The molecule has 6 nitrogen and oxygen atoms in total. The van der Waals surface area contributed by atoms with E-state index in [1.54, 1.807) is 36.4 Å². The Bertz CT molecular complexity index is 1120. The smallest absolute Gasteiger partial charge is 0.251 e. The van der Waals surface area contributed by atoms with Crippen LogP contribution in [-0.2, 0) is 19.7 Å². The van der Waals surface area contributed by atoms with Gasteiger partial charge in [0, 0.05) is 5.56 Å². The van der Waals surface area contributed by atoms with E-state index in [0.717, 1.165) is 5.56 Å². The van der Waals surface area contributed by atoms with Crippen molar-refractivity contribution in [3.05, 3.63) is 77.9 Å². The van der Waals surface area contributed by atoms with Crippen molar-refractivity contribution >= 4 is 23.4 Å². The molecule has 2 bridgehead atoms. The number of benzene rings is 2. The maximum absolute atomic E-state index is 13.3. The van der Waals surface area contributed by atoms with Gasteiger partial charge < -0.3 is 10.1 Å². The number of rotatable bonds is 4. The number of imide groups is 1. The molecule has 4 unspecified atom stereocenters. The first-order valence-corrected chi connectivity index (χ1v) is 10.9. The van der Waals surface area contributed by atoms with E-state index in [0.29, 0.717) is 11.3 Å². The van der Waals surface area contributed by atoms with E-state index >= 15 is 0 Å². The number of fused-ring (bicyclic) bond motifs is 5. The zero-order valence-electron chi connectivity index (χ0n) is 18.4. The third kappa shape index (κ3) is 3.09. The summed E-state index contributed by atoms with van der Waals surface area (Å²) in [6.45, 7) is 6.49. The van der Waals surface area contributed by atoms with E-state index in [2.05, 4.69) is 26.1 Å². The number of amides is 3. The minimum Gasteiger partial charge on any atom is -0.360 e. The van der Waals surface area contributed by atoms with Crippen LogP contribution in [0.5, 0.6) is 0 Å². The second-order valence-corrected chi connectivity index (χ2v) is 9.76. The van der Waals surface area contributed by atoms with Crippen LogP contribution in [0.4, 0.5) is 5.69 Å². The van der Waals surface area contributed by atoms with Crippen LogP contribution < -0.4 is 10.2 Å². The van der Waals surface area contributed by atoms with E-state index in [1.165, 1.54) is 4.90 Å². The molecular formula is C26H26N2O4. The lowest BCUT2D eigenvalue weighted by molar-refractivity contribution is -0.126. The van der Waals surface area contributed by atoms with Crippen molar-refractivity contribution < 1.29 is 19.1 Å². The van der Waals surface area contributed by atoms with Gasteiger partial charge in [0.1, 0.15) is 5.60 Å². The van der Waals surface area contributed by atoms with Crippen molar-refractivity contribution in [1.82, 2.24) is 5.32 Å². The summed E-state index contributed by atoms with van der Waals surface area (Å²) in [5.74, 6) is -1.96. The van der Waals surface area contributed by atoms with E-state index in [4.69, 9.17) is 4.74 Å². The van der Waals surface area contributed by atoms with Gasteiger partial charge in [-0.15, -0.1) is 0 Å². The minimum absolute atomic E-state index is 0.00429. The second-order valence-electron chi connectivity index (χ2n) is 9.76. The number of hydrogen-bond acceptors (Lipinski definition) is 4. The molecule has 3 heterocycles. The largest absolute Gasteiger partial charge is 0.360 e. The monoisotopic (exact) mass is 430 g/mol. The number of carbonyl (C=O) groups is 3. The number of nitrogens with zero attached hydrogens (tertiary/aromatic N) is 1. The maximum Gasteiger partial charge on any atom is 0.251 e. The molecule has 3 aliphatic rings. The van der Waals surface area contributed by atoms with Crippen molar-refractivity contribution in [2.75, 3.05) is 11.4 Å². The number of anilines is 1. The van der Waals surface area contributed by atoms with E-state index in [9.17, 15) is 14.4 Å². The summed E-state index contributed by atoms with van der Waals surface area (Å²) < 4.78 is 6.11. The number of hydrogen-bond donors (Lipinski definition) is 1. The average Bonchev–Trinajstić information content (AvgIpc) is 3.42. The normalized spacial score (nSPS) is 28.3. The molecule has 0 saturated carbocycles. The molecule has 0 spiro atoms. The number of carbonyl (C=O) groups excluding carboxylic acids is 3. The third-order valence-corrected chi connectivity index (χ3v) is 6.71. The van der Waals surface area contributed by atoms with Gasteiger partial charge in [-0.25, -0.2) is 4.90 Å². The van der Waals surface area contributed by atoms with Crippen LogP contribution in [0.25, 0.3) is 0 Å². The van der Waals surface area contributed by atoms with E-state index in [1.807, 2.05) is 30.4 Å². The lowest BCUT2D eigenvalue weighted by Gasteiger charge is -2.29. The van der Waals surface area contributed by atoms with Gasteiger partial charge in [0.15, 0.2) is 0 Å². The molecule has 6 heteroatoms. The molecule has 1 N–H and O–H groups in total. The molecule has 2 aromatic rings. The van der Waals surface area contributed by atoms with Crippen molar-refractivity contribution in [3.8, 4) is 0 Å². The Morgan fingerprint density at radius 2 is 1.72 bits per heavy atom. The first kappa shape index (κ1) is 20.6. The summed E-state index contributed by atoms with van der Waals surface area (Å²) in [5, 5.41) is 2.92. The van der Waals surface area contributed by atoms with Crippen LogP contribution in [0.15, 0.2) is 66.7 Å². The molecule has 4 atom stereocenters. The molecule has 32 heavy (non-hydrogen) atoms. The molecule has 3 amide bonds. The highest BCUT2D eigenvalue weighted by molar-refractivity contribution is 6.23. The highest BCUT2D eigenvalue weighted by atomic mass is 16.5. The molecule has 5 rings (SSSR count). The maximum atomic E-state index is 13.3. The van der Waals surface area contributed by atoms with Crippen molar-refractivity contribution in [3.63, 3.8) is 0 Å². The van der Waals surface area contributed by atoms with Gasteiger partial charge in [0.05, 0.1) is 30.2 Å². The lowest BCUT2D eigenvalue weighted by atomic mass is 9.77. The summed E-state index contributed by atoms with van der Waals surface area (Å²) >= 11 is 0. The van der Waals surface area contributed by atoms with Crippen LogP contribution in [0.2, 0.25) is 0 Å². The quantitative estimate of drug-likeness (QED) is 0.597. The second kappa shape index (κ2) is 7.14. The first-order chi connectivity index (χ1) is 15.2. The first-order valence-electron chi connectivity index (χ1n) is 10.9. The molecule has 164 valence electrons. The summed E-state index contributed by atoms with van der Waals surface area (Å²) in [5.41, 5.74) is 1.25. The van der Waals surface area contributed by atoms with Crippen molar-refractivity contribution in [1.29, 1.82) is 0 Å². The molecular weight excluding hydrogens is 404 g/mol. The molecule has 0 aromatic heterocycles. The van der Waals surface area contributed by atoms with Gasteiger partial charge in [-0.1, -0.05) is 63.3 Å². The van der Waals surface area contributed by atoms with Gasteiger partial charge in [0.2, 0.25) is 11.8 Å². The Morgan fingerprint density at radius 1 is 1.03 bits per heavy atom. The molecule has 0 radical (unpaired) electrons. The number of nitrogens with one attached hydrogen (secondary N) is 1. The zero-order chi connectivity index (χ0) is 22.7. The summed E-state index contributed by atoms with van der Waals surface area (Å²) in [7, 11) is 0. The standard InChI is InChI=1S/C26H26N2O4/c1-25(2,3)17-11-9-16(10-12-17)22(29)27-15-26-14-13-19(32-26)20-21(26)24(31)28(23(20)30)18-7-5-4-6-8-18/h4-14,19-21H,15H2,1-3H3,(H,27,29). The predicted octanol–water partition coefficient (Wildman–Crippen LogP) is 3.23. The predicted molar refractivity (Wildman–Crippen MR) is 120 cm³/mol. The number of ether oxygens (including phenoxy) is 1. The van der Waals surface area contributed by atoms with Crippen LogP contribution >= 0.6 is 0 Å². The fourth-order valence-corrected chi connectivity index (χ4v) is 4.98. The highest BCUT2D eigenvalue weighted by Crippen LogP contribution is 2.52. The van der Waals surface area contributed by atoms with E-state index in [-0.39, 0.29) is 29.7 Å². The molecule has 2 saturated heterocycles. The van der Waals surface area contributed by atoms with Crippen LogP contribution in [0.1, 0.15) is 36.7 Å². The topological polar surface area (TPSA) is 75.7 Å². The summed E-state index contributed by atoms with van der Waals surface area (Å²) in [6.07, 6.45) is 3.22. The Balaban J connectivity index is 1.35. The third-order valence-electron chi connectivity index (χ3n) is 6.71.